The Morgan fingerprint density at radius 1 is 1.31 bits per heavy atom. The van der Waals surface area contributed by atoms with Gasteiger partial charge in [0.15, 0.2) is 5.82 Å². The molecule has 0 aliphatic carbocycles. The van der Waals surface area contributed by atoms with E-state index in [1.807, 2.05) is 22.6 Å². The second-order valence-electron chi connectivity index (χ2n) is 5.55. The van der Waals surface area contributed by atoms with Crippen molar-refractivity contribution in [1.82, 2.24) is 15.2 Å². The molecule has 3 rings (SSSR count). The van der Waals surface area contributed by atoms with Gasteiger partial charge in [-0.2, -0.15) is 0 Å². The van der Waals surface area contributed by atoms with Crippen molar-refractivity contribution in [2.75, 3.05) is 7.11 Å². The largest absolute Gasteiger partial charge is 0.506 e. The summed E-state index contributed by atoms with van der Waals surface area (Å²) in [5.74, 6) is -0.197. The smallest absolute Gasteiger partial charge is 0.342 e. The number of aromatic hydroxyl groups is 1. The number of thioether (sulfide) groups is 1. The number of carboxylic acids is 1. The molecule has 0 aliphatic heterocycles. The molecule has 29 heavy (non-hydrogen) atoms. The molecule has 7 nitrogen and oxygen atoms in total. The summed E-state index contributed by atoms with van der Waals surface area (Å²) >= 11 is 11.0. The number of aromatic nitrogens is 3. The summed E-state index contributed by atoms with van der Waals surface area (Å²) in [6.45, 7) is 0. The van der Waals surface area contributed by atoms with Crippen molar-refractivity contribution in [3.63, 3.8) is 0 Å². The predicted octanol–water partition coefficient (Wildman–Crippen LogP) is 5.27. The van der Waals surface area contributed by atoms with Gasteiger partial charge in [0.1, 0.15) is 16.4 Å². The fourth-order valence-corrected chi connectivity index (χ4v) is 5.11. The molecule has 1 heterocycles. The molecular formula is C18H12ClI2N3O4S. The minimum atomic E-state index is -1.16. The van der Waals surface area contributed by atoms with E-state index in [1.165, 1.54) is 13.2 Å². The van der Waals surface area contributed by atoms with Gasteiger partial charge in [-0.3, -0.25) is 5.10 Å². The Bertz CT molecular complexity index is 1120. The molecule has 0 atom stereocenters. The summed E-state index contributed by atoms with van der Waals surface area (Å²) in [6, 6.07) is 8.56. The van der Waals surface area contributed by atoms with E-state index in [-0.39, 0.29) is 15.8 Å². The Morgan fingerprint density at radius 2 is 2.07 bits per heavy atom. The van der Waals surface area contributed by atoms with Gasteiger partial charge in [-0.25, -0.2) is 9.78 Å². The number of halogens is 3. The quantitative estimate of drug-likeness (QED) is 0.189. The molecule has 0 amide bonds. The standard InChI is InChI=1S/C18H12ClI2N3O4S/c1-28-13-3-2-9(19)6-11(13)16-22-18(24-23-16)29-14(17(26)27)5-8-4-10(20)7-12(21)15(8)25/h2-7,25H,1H3,(H,26,27)(H,22,23,24)/b14-5-. The van der Waals surface area contributed by atoms with Gasteiger partial charge in [-0.1, -0.05) is 11.6 Å². The van der Waals surface area contributed by atoms with Crippen molar-refractivity contribution in [2.24, 2.45) is 0 Å². The molecule has 0 spiro atoms. The zero-order chi connectivity index (χ0) is 21.1. The van der Waals surface area contributed by atoms with Crippen LogP contribution in [0.15, 0.2) is 40.4 Å². The first-order valence-corrected chi connectivity index (χ1v) is 11.2. The van der Waals surface area contributed by atoms with Crippen LogP contribution >= 0.6 is 68.5 Å². The lowest BCUT2D eigenvalue weighted by Crippen LogP contribution is -1.98. The second kappa shape index (κ2) is 9.53. The van der Waals surface area contributed by atoms with Crippen molar-refractivity contribution in [3.05, 3.63) is 53.0 Å². The van der Waals surface area contributed by atoms with E-state index >= 15 is 0 Å². The van der Waals surface area contributed by atoms with Gasteiger partial charge in [-0.05, 0) is 93.4 Å². The minimum Gasteiger partial charge on any atom is -0.506 e. The number of hydrogen-bond donors (Lipinski definition) is 3. The van der Waals surface area contributed by atoms with Crippen LogP contribution < -0.4 is 4.74 Å². The molecule has 0 unspecified atom stereocenters. The van der Waals surface area contributed by atoms with Crippen molar-refractivity contribution in [2.45, 2.75) is 5.16 Å². The topological polar surface area (TPSA) is 108 Å². The number of methoxy groups -OCH3 is 1. The summed E-state index contributed by atoms with van der Waals surface area (Å²) in [6.07, 6.45) is 1.39. The minimum absolute atomic E-state index is 0.0182. The Balaban J connectivity index is 1.95. The van der Waals surface area contributed by atoms with Gasteiger partial charge in [0.25, 0.3) is 0 Å². The highest BCUT2D eigenvalue weighted by atomic mass is 127. The lowest BCUT2D eigenvalue weighted by molar-refractivity contribution is -0.131. The van der Waals surface area contributed by atoms with Crippen molar-refractivity contribution >= 4 is 80.6 Å². The first-order chi connectivity index (χ1) is 13.8. The first kappa shape index (κ1) is 22.2. The molecule has 0 fully saturated rings. The average Bonchev–Trinajstić information content (AvgIpc) is 3.13. The van der Waals surface area contributed by atoms with Crippen LogP contribution in [0.4, 0.5) is 0 Å². The van der Waals surface area contributed by atoms with E-state index in [2.05, 4.69) is 37.8 Å². The number of carbonyl (C=O) groups is 1. The van der Waals surface area contributed by atoms with Gasteiger partial charge < -0.3 is 14.9 Å². The van der Waals surface area contributed by atoms with Crippen LogP contribution in [0.1, 0.15) is 5.56 Å². The van der Waals surface area contributed by atoms with Gasteiger partial charge in [0.2, 0.25) is 5.16 Å². The van der Waals surface area contributed by atoms with Crippen LogP contribution in [-0.2, 0) is 4.79 Å². The van der Waals surface area contributed by atoms with Crippen LogP contribution in [0.3, 0.4) is 0 Å². The predicted molar refractivity (Wildman–Crippen MR) is 128 cm³/mol. The number of aliphatic carboxylic acids is 1. The number of phenolic OH excluding ortho intramolecular Hbond substituents is 1. The number of hydrogen-bond acceptors (Lipinski definition) is 6. The SMILES string of the molecule is COc1ccc(Cl)cc1-c1nc(S/C(=C\c2cc(I)cc(I)c2O)C(=O)O)n[nH]1. The average molecular weight is 656 g/mol. The maximum atomic E-state index is 11.7. The molecule has 0 saturated heterocycles. The lowest BCUT2D eigenvalue weighted by atomic mass is 10.2. The zero-order valence-corrected chi connectivity index (χ0v) is 20.5. The molecule has 150 valence electrons. The van der Waals surface area contributed by atoms with E-state index in [9.17, 15) is 15.0 Å². The van der Waals surface area contributed by atoms with Crippen molar-refractivity contribution in [3.8, 4) is 22.9 Å². The number of nitrogens with zero attached hydrogens (tertiary/aromatic N) is 2. The van der Waals surface area contributed by atoms with Crippen LogP contribution in [0.2, 0.25) is 5.02 Å². The third kappa shape index (κ3) is 5.35. The molecule has 3 aromatic rings. The van der Waals surface area contributed by atoms with Gasteiger partial charge in [-0.15, -0.1) is 5.10 Å². The molecule has 0 aliphatic rings. The monoisotopic (exact) mass is 655 g/mol. The van der Waals surface area contributed by atoms with Crippen molar-refractivity contribution in [1.29, 1.82) is 0 Å². The fourth-order valence-electron chi connectivity index (χ4n) is 2.35. The highest BCUT2D eigenvalue weighted by Gasteiger charge is 2.17. The normalized spacial score (nSPS) is 11.5. The molecule has 1 aromatic heterocycles. The van der Waals surface area contributed by atoms with E-state index in [0.717, 1.165) is 15.3 Å². The molecule has 3 N–H and O–H groups in total. The number of ether oxygens (including phenoxy) is 1. The number of nitrogens with one attached hydrogen (secondary N) is 1. The number of benzene rings is 2. The fraction of sp³-hybridized carbons (Fsp3) is 0.0556. The number of phenols is 1. The van der Waals surface area contributed by atoms with E-state index in [4.69, 9.17) is 16.3 Å². The Hall–Kier alpha value is -1.51. The molecular weight excluding hydrogens is 644 g/mol. The summed E-state index contributed by atoms with van der Waals surface area (Å²) in [4.78, 5) is 16.0. The number of aromatic amines is 1. The van der Waals surface area contributed by atoms with Crippen LogP contribution in [0.5, 0.6) is 11.5 Å². The molecule has 0 radical (unpaired) electrons. The van der Waals surface area contributed by atoms with Crippen LogP contribution in [0.25, 0.3) is 17.5 Å². The lowest BCUT2D eigenvalue weighted by Gasteiger charge is -2.06. The highest BCUT2D eigenvalue weighted by molar-refractivity contribution is 14.1. The van der Waals surface area contributed by atoms with Crippen LogP contribution in [-0.4, -0.2) is 38.5 Å². The Labute approximate surface area is 202 Å². The molecule has 11 heteroatoms. The number of carboxylic acid groups (broad SMARTS) is 1. The maximum Gasteiger partial charge on any atom is 0.342 e. The van der Waals surface area contributed by atoms with Crippen molar-refractivity contribution < 1.29 is 19.7 Å². The van der Waals surface area contributed by atoms with E-state index in [1.54, 1.807) is 30.3 Å². The zero-order valence-electron chi connectivity index (χ0n) is 14.6. The summed E-state index contributed by atoms with van der Waals surface area (Å²) < 4.78 is 6.81. The highest BCUT2D eigenvalue weighted by Crippen LogP contribution is 2.34. The third-order valence-corrected chi connectivity index (χ3v) is 6.20. The second-order valence-corrected chi connectivity index (χ2v) is 9.41. The van der Waals surface area contributed by atoms with Gasteiger partial charge in [0.05, 0.1) is 16.2 Å². The Morgan fingerprint density at radius 3 is 2.76 bits per heavy atom. The molecule has 2 aromatic carbocycles. The Kier molecular flexibility index (Phi) is 7.29. The molecule has 0 saturated carbocycles. The number of rotatable bonds is 6. The summed E-state index contributed by atoms with van der Waals surface area (Å²) in [5, 5.41) is 27.4. The van der Waals surface area contributed by atoms with Gasteiger partial charge in [0, 0.05) is 14.2 Å². The molecule has 0 bridgehead atoms. The third-order valence-electron chi connectivity index (χ3n) is 3.64. The van der Waals surface area contributed by atoms with E-state index < -0.39 is 5.97 Å². The number of H-pyrrole nitrogens is 1. The van der Waals surface area contributed by atoms with Crippen LogP contribution in [0, 0.1) is 7.14 Å². The van der Waals surface area contributed by atoms with Gasteiger partial charge >= 0.3 is 5.97 Å². The maximum absolute atomic E-state index is 11.7. The van der Waals surface area contributed by atoms with E-state index in [0.29, 0.717) is 31.3 Å². The summed E-state index contributed by atoms with van der Waals surface area (Å²) in [7, 11) is 1.53. The summed E-state index contributed by atoms with van der Waals surface area (Å²) in [5.41, 5.74) is 1.00. The first-order valence-electron chi connectivity index (χ1n) is 7.85.